The van der Waals surface area contributed by atoms with E-state index in [0.29, 0.717) is 30.1 Å². The average molecular weight is 446 g/mol. The van der Waals surface area contributed by atoms with E-state index in [1.807, 2.05) is 0 Å². The smallest absolute Gasteiger partial charge is 0.416 e. The van der Waals surface area contributed by atoms with Gasteiger partial charge in [0.05, 0.1) is 11.4 Å². The molecule has 170 valence electrons. The van der Waals surface area contributed by atoms with E-state index in [9.17, 15) is 18.0 Å². The Morgan fingerprint density at radius 1 is 0.906 bits per heavy atom. The monoisotopic (exact) mass is 446 g/mol. The van der Waals surface area contributed by atoms with Crippen LogP contribution in [0.15, 0.2) is 72.2 Å². The molecule has 0 atom stereocenters. The average Bonchev–Trinajstić information content (AvgIpc) is 2.77. The van der Waals surface area contributed by atoms with Crippen molar-refractivity contribution in [3.8, 4) is 11.5 Å². The molecule has 2 aromatic rings. The Morgan fingerprint density at radius 2 is 1.44 bits per heavy atom. The maximum atomic E-state index is 12.8. The zero-order chi connectivity index (χ0) is 23.3. The molecule has 1 heterocycles. The molecule has 9 heteroatoms. The van der Waals surface area contributed by atoms with Crippen molar-refractivity contribution in [1.29, 1.82) is 0 Å². The summed E-state index contributed by atoms with van der Waals surface area (Å²) in [4.78, 5) is 14.5. The lowest BCUT2D eigenvalue weighted by atomic mass is 9.93. The number of halogens is 3. The number of nitrogens with zero attached hydrogens (tertiary/aromatic N) is 1. The lowest BCUT2D eigenvalue weighted by Crippen LogP contribution is -2.39. The molecule has 1 aliphatic heterocycles. The number of likely N-dealkylation sites (tertiary alicyclic amines) is 1. The largest absolute Gasteiger partial charge is 0.457 e. The standard InChI is InChI=1S/C23H25F3N4O2/c24-23(25,26)17-3-7-19(8-4-17)32-18-5-1-16(2-6-18)22(31)30-13-11-15(12-14-30)20(27)9-10-21(28)29/h1-10,15H,11-14,27-29H2/b20-9-. The first-order valence-corrected chi connectivity index (χ1v) is 10.1. The van der Waals surface area contributed by atoms with Gasteiger partial charge in [-0.2, -0.15) is 13.2 Å². The van der Waals surface area contributed by atoms with Gasteiger partial charge in [0.2, 0.25) is 0 Å². The van der Waals surface area contributed by atoms with Crippen LogP contribution in [0.5, 0.6) is 11.5 Å². The topological polar surface area (TPSA) is 108 Å². The van der Waals surface area contributed by atoms with Gasteiger partial charge in [-0.25, -0.2) is 0 Å². The fourth-order valence-corrected chi connectivity index (χ4v) is 3.44. The van der Waals surface area contributed by atoms with Gasteiger partial charge in [0, 0.05) is 30.3 Å². The molecular formula is C23H25F3N4O2. The maximum Gasteiger partial charge on any atom is 0.416 e. The van der Waals surface area contributed by atoms with Crippen LogP contribution in [-0.2, 0) is 6.18 Å². The third kappa shape index (κ3) is 5.96. The fraction of sp³-hybridized carbons (Fsp3) is 0.261. The van der Waals surface area contributed by atoms with Crippen LogP contribution in [0.3, 0.4) is 0 Å². The Morgan fingerprint density at radius 3 is 1.94 bits per heavy atom. The van der Waals surface area contributed by atoms with Crippen LogP contribution in [-0.4, -0.2) is 23.9 Å². The number of alkyl halides is 3. The lowest BCUT2D eigenvalue weighted by Gasteiger charge is -2.32. The van der Waals surface area contributed by atoms with Gasteiger partial charge in [-0.1, -0.05) is 0 Å². The predicted octanol–water partition coefficient (Wildman–Crippen LogP) is 3.95. The van der Waals surface area contributed by atoms with E-state index in [1.165, 1.54) is 12.1 Å². The van der Waals surface area contributed by atoms with Crippen LogP contribution < -0.4 is 21.9 Å². The second kappa shape index (κ2) is 9.67. The zero-order valence-electron chi connectivity index (χ0n) is 17.3. The molecule has 0 bridgehead atoms. The second-order valence-corrected chi connectivity index (χ2v) is 7.55. The van der Waals surface area contributed by atoms with Crippen molar-refractivity contribution in [2.24, 2.45) is 23.1 Å². The van der Waals surface area contributed by atoms with Crippen molar-refractivity contribution >= 4 is 5.91 Å². The van der Waals surface area contributed by atoms with Crippen molar-refractivity contribution in [2.75, 3.05) is 13.1 Å². The Kier molecular flexibility index (Phi) is 6.97. The van der Waals surface area contributed by atoms with Crippen molar-refractivity contribution in [1.82, 2.24) is 4.90 Å². The van der Waals surface area contributed by atoms with Crippen LogP contribution in [0.1, 0.15) is 28.8 Å². The number of allylic oxidation sites excluding steroid dienone is 3. The Balaban J connectivity index is 1.56. The van der Waals surface area contributed by atoms with Crippen LogP contribution in [0.25, 0.3) is 0 Å². The summed E-state index contributed by atoms with van der Waals surface area (Å²) >= 11 is 0. The van der Waals surface area contributed by atoms with Gasteiger partial charge in [-0.05, 0) is 73.5 Å². The van der Waals surface area contributed by atoms with Crippen LogP contribution in [0.4, 0.5) is 13.2 Å². The number of nitrogens with two attached hydrogens (primary N) is 3. The van der Waals surface area contributed by atoms with E-state index in [1.54, 1.807) is 41.3 Å². The highest BCUT2D eigenvalue weighted by atomic mass is 19.4. The van der Waals surface area contributed by atoms with Gasteiger partial charge < -0.3 is 26.8 Å². The third-order valence-electron chi connectivity index (χ3n) is 5.24. The number of benzene rings is 2. The molecule has 0 radical (unpaired) electrons. The van der Waals surface area contributed by atoms with E-state index >= 15 is 0 Å². The molecule has 0 saturated carbocycles. The fourth-order valence-electron chi connectivity index (χ4n) is 3.44. The minimum Gasteiger partial charge on any atom is -0.457 e. The molecule has 0 aliphatic carbocycles. The van der Waals surface area contributed by atoms with Crippen molar-refractivity contribution in [2.45, 2.75) is 19.0 Å². The molecule has 1 amide bonds. The summed E-state index contributed by atoms with van der Waals surface area (Å²) in [5.41, 5.74) is 17.3. The summed E-state index contributed by atoms with van der Waals surface area (Å²) in [5, 5.41) is 0. The molecule has 0 spiro atoms. The van der Waals surface area contributed by atoms with Crippen molar-refractivity contribution < 1.29 is 22.7 Å². The van der Waals surface area contributed by atoms with Crippen molar-refractivity contribution in [3.05, 3.63) is 83.3 Å². The number of amides is 1. The van der Waals surface area contributed by atoms with Gasteiger partial charge in [-0.15, -0.1) is 0 Å². The first-order chi connectivity index (χ1) is 15.1. The summed E-state index contributed by atoms with van der Waals surface area (Å²) in [6.07, 6.45) is 0.337. The second-order valence-electron chi connectivity index (χ2n) is 7.55. The summed E-state index contributed by atoms with van der Waals surface area (Å²) in [6.45, 7) is 1.15. The molecule has 2 aromatic carbocycles. The predicted molar refractivity (Wildman–Crippen MR) is 115 cm³/mol. The molecule has 0 unspecified atom stereocenters. The Bertz CT molecular complexity index is 987. The van der Waals surface area contributed by atoms with Crippen LogP contribution in [0.2, 0.25) is 0 Å². The Labute approximate surface area is 184 Å². The number of ether oxygens (including phenoxy) is 1. The molecule has 1 saturated heterocycles. The highest BCUT2D eigenvalue weighted by Crippen LogP contribution is 2.31. The van der Waals surface area contributed by atoms with Gasteiger partial charge in [0.15, 0.2) is 0 Å². The number of rotatable bonds is 5. The number of hydrogen-bond acceptors (Lipinski definition) is 5. The normalized spacial score (nSPS) is 15.3. The summed E-state index contributed by atoms with van der Waals surface area (Å²) < 4.78 is 43.5. The first kappa shape index (κ1) is 23.1. The highest BCUT2D eigenvalue weighted by molar-refractivity contribution is 5.94. The van der Waals surface area contributed by atoms with Gasteiger partial charge >= 0.3 is 6.18 Å². The molecular weight excluding hydrogens is 421 g/mol. The minimum absolute atomic E-state index is 0.0989. The summed E-state index contributed by atoms with van der Waals surface area (Å²) in [7, 11) is 0. The van der Waals surface area contributed by atoms with Crippen molar-refractivity contribution in [3.63, 3.8) is 0 Å². The van der Waals surface area contributed by atoms with E-state index < -0.39 is 11.7 Å². The lowest BCUT2D eigenvalue weighted by molar-refractivity contribution is -0.137. The number of hydrogen-bond donors (Lipinski definition) is 3. The molecule has 1 fully saturated rings. The molecule has 0 aromatic heterocycles. The summed E-state index contributed by atoms with van der Waals surface area (Å²) in [5.74, 6) is 0.944. The van der Waals surface area contributed by atoms with Crippen LogP contribution >= 0.6 is 0 Å². The molecule has 6 N–H and O–H groups in total. The maximum absolute atomic E-state index is 12.8. The zero-order valence-corrected chi connectivity index (χ0v) is 17.3. The number of carbonyl (C=O) groups excluding carboxylic acids is 1. The molecule has 3 rings (SSSR count). The number of carbonyl (C=O) groups is 1. The minimum atomic E-state index is -4.40. The van der Waals surface area contributed by atoms with E-state index in [4.69, 9.17) is 21.9 Å². The van der Waals surface area contributed by atoms with Gasteiger partial charge in [0.25, 0.3) is 5.91 Å². The Hall–Kier alpha value is -3.62. The molecule has 32 heavy (non-hydrogen) atoms. The third-order valence-corrected chi connectivity index (χ3v) is 5.24. The number of piperidine rings is 1. The highest BCUT2D eigenvalue weighted by Gasteiger charge is 2.30. The molecule has 1 aliphatic rings. The SMILES string of the molecule is NC(N)=C/C=C(\N)C1CCN(C(=O)c2ccc(Oc3ccc(C(F)(F)F)cc3)cc2)CC1. The van der Waals surface area contributed by atoms with E-state index in [0.717, 1.165) is 25.0 Å². The summed E-state index contributed by atoms with van der Waals surface area (Å²) in [6, 6.07) is 10.9. The first-order valence-electron chi connectivity index (χ1n) is 10.1. The van der Waals surface area contributed by atoms with Gasteiger partial charge in [0.1, 0.15) is 11.5 Å². The quantitative estimate of drug-likeness (QED) is 0.603. The van der Waals surface area contributed by atoms with E-state index in [2.05, 4.69) is 0 Å². The van der Waals surface area contributed by atoms with Gasteiger partial charge in [-0.3, -0.25) is 4.79 Å². The van der Waals surface area contributed by atoms with Crippen LogP contribution in [0, 0.1) is 5.92 Å². The van der Waals surface area contributed by atoms with E-state index in [-0.39, 0.29) is 23.4 Å². The molecule has 6 nitrogen and oxygen atoms in total.